The standard InChI is InChI=1S/C43H89N2O6P/c1-6-7-8-9-10-11-12-13-14-15-16-17-18-19-20-21-22-23-24-25-26-27-28-29-30-31-32-33-34-35-36-37-43(47)42(44-41(2)46)40-51-52(48,49)50-39-38-45(3,4)5/h42-43,47H,6-40H2,1-5H3,(H-,44,46,48,49)/p+1. The molecule has 0 aromatic carbocycles. The van der Waals surface area contributed by atoms with Gasteiger partial charge in [0.2, 0.25) is 5.91 Å². The van der Waals surface area contributed by atoms with Gasteiger partial charge in [0.25, 0.3) is 0 Å². The van der Waals surface area contributed by atoms with E-state index in [1.807, 2.05) is 21.1 Å². The Labute approximate surface area is 323 Å². The average molecular weight is 762 g/mol. The first-order valence-corrected chi connectivity index (χ1v) is 23.8. The molecule has 0 aliphatic carbocycles. The van der Waals surface area contributed by atoms with E-state index in [1.54, 1.807) is 0 Å². The Hall–Kier alpha value is -0.500. The lowest BCUT2D eigenvalue weighted by Crippen LogP contribution is -2.45. The molecule has 0 aromatic heterocycles. The van der Waals surface area contributed by atoms with Crippen LogP contribution in [0.25, 0.3) is 0 Å². The van der Waals surface area contributed by atoms with Crippen LogP contribution in [-0.4, -0.2) is 73.4 Å². The van der Waals surface area contributed by atoms with E-state index in [0.717, 1.165) is 19.3 Å². The maximum absolute atomic E-state index is 12.2. The minimum absolute atomic E-state index is 0.0737. The van der Waals surface area contributed by atoms with Gasteiger partial charge in [-0.3, -0.25) is 13.8 Å². The van der Waals surface area contributed by atoms with Gasteiger partial charge in [-0.15, -0.1) is 0 Å². The molecule has 9 heteroatoms. The molecule has 8 nitrogen and oxygen atoms in total. The lowest BCUT2D eigenvalue weighted by molar-refractivity contribution is -0.870. The van der Waals surface area contributed by atoms with Gasteiger partial charge in [0.1, 0.15) is 13.2 Å². The molecule has 0 rings (SSSR count). The number of nitrogens with one attached hydrogen (secondary N) is 1. The van der Waals surface area contributed by atoms with Crippen molar-refractivity contribution in [2.45, 2.75) is 231 Å². The second kappa shape index (κ2) is 36.2. The van der Waals surface area contributed by atoms with Crippen molar-refractivity contribution in [1.29, 1.82) is 0 Å². The van der Waals surface area contributed by atoms with Crippen LogP contribution in [0.15, 0.2) is 0 Å². The number of nitrogens with zero attached hydrogens (tertiary/aromatic N) is 1. The number of likely N-dealkylation sites (N-methyl/N-ethyl adjacent to an activating group) is 1. The van der Waals surface area contributed by atoms with Crippen LogP contribution in [0.5, 0.6) is 0 Å². The maximum atomic E-state index is 12.2. The Morgan fingerprint density at radius 3 is 1.17 bits per heavy atom. The molecule has 3 N–H and O–H groups in total. The van der Waals surface area contributed by atoms with E-state index in [4.69, 9.17) is 9.05 Å². The lowest BCUT2D eigenvalue weighted by atomic mass is 10.0. The number of amides is 1. The van der Waals surface area contributed by atoms with Gasteiger partial charge in [-0.05, 0) is 6.42 Å². The Bertz CT molecular complexity index is 824. The van der Waals surface area contributed by atoms with Crippen molar-refractivity contribution in [1.82, 2.24) is 5.32 Å². The smallest absolute Gasteiger partial charge is 0.391 e. The largest absolute Gasteiger partial charge is 0.472 e. The summed E-state index contributed by atoms with van der Waals surface area (Å²) in [5.41, 5.74) is 0. The van der Waals surface area contributed by atoms with Gasteiger partial charge in [0.15, 0.2) is 0 Å². The molecule has 0 aliphatic rings. The summed E-state index contributed by atoms with van der Waals surface area (Å²) in [6.07, 6.45) is 42.2. The van der Waals surface area contributed by atoms with Crippen molar-refractivity contribution in [3.05, 3.63) is 0 Å². The van der Waals surface area contributed by atoms with Crippen LogP contribution in [0.4, 0.5) is 0 Å². The third kappa shape index (κ3) is 39.2. The first-order valence-electron chi connectivity index (χ1n) is 22.3. The molecule has 0 heterocycles. The van der Waals surface area contributed by atoms with Crippen molar-refractivity contribution in [2.75, 3.05) is 40.9 Å². The summed E-state index contributed by atoms with van der Waals surface area (Å²) in [5, 5.41) is 13.3. The molecule has 0 spiro atoms. The zero-order valence-corrected chi connectivity index (χ0v) is 36.2. The highest BCUT2D eigenvalue weighted by atomic mass is 31.2. The van der Waals surface area contributed by atoms with Crippen molar-refractivity contribution >= 4 is 13.7 Å². The van der Waals surface area contributed by atoms with Gasteiger partial charge in [0.05, 0.1) is 39.9 Å². The van der Waals surface area contributed by atoms with Crippen LogP contribution in [-0.2, 0) is 18.4 Å². The van der Waals surface area contributed by atoms with Crippen molar-refractivity contribution in [3.63, 3.8) is 0 Å². The van der Waals surface area contributed by atoms with Crippen LogP contribution >= 0.6 is 7.82 Å². The predicted molar refractivity (Wildman–Crippen MR) is 222 cm³/mol. The summed E-state index contributed by atoms with van der Waals surface area (Å²) < 4.78 is 23.0. The van der Waals surface area contributed by atoms with Crippen molar-refractivity contribution in [2.24, 2.45) is 0 Å². The van der Waals surface area contributed by atoms with E-state index >= 15 is 0 Å². The fraction of sp³-hybridized carbons (Fsp3) is 0.977. The Balaban J connectivity index is 3.51. The molecule has 0 radical (unpaired) electrons. The number of rotatable bonds is 41. The van der Waals surface area contributed by atoms with E-state index in [0.29, 0.717) is 17.4 Å². The quantitative estimate of drug-likeness (QED) is 0.0325. The van der Waals surface area contributed by atoms with Crippen LogP contribution in [0, 0.1) is 0 Å². The van der Waals surface area contributed by atoms with E-state index in [1.165, 1.54) is 187 Å². The monoisotopic (exact) mass is 762 g/mol. The molecule has 52 heavy (non-hydrogen) atoms. The van der Waals surface area contributed by atoms with Crippen LogP contribution < -0.4 is 5.32 Å². The molecule has 3 atom stereocenters. The summed E-state index contributed by atoms with van der Waals surface area (Å²) >= 11 is 0. The van der Waals surface area contributed by atoms with E-state index in [-0.39, 0.29) is 19.1 Å². The molecule has 0 aromatic rings. The van der Waals surface area contributed by atoms with Gasteiger partial charge in [-0.25, -0.2) is 4.57 Å². The zero-order chi connectivity index (χ0) is 38.6. The van der Waals surface area contributed by atoms with Gasteiger partial charge in [0, 0.05) is 6.92 Å². The number of aliphatic hydroxyl groups is 1. The molecule has 0 saturated heterocycles. The van der Waals surface area contributed by atoms with Crippen LogP contribution in [0.2, 0.25) is 0 Å². The fourth-order valence-electron chi connectivity index (χ4n) is 6.91. The zero-order valence-electron chi connectivity index (χ0n) is 35.3. The summed E-state index contributed by atoms with van der Waals surface area (Å²) in [6, 6.07) is -0.756. The number of carbonyl (C=O) groups excluding carboxylic acids is 1. The SMILES string of the molecule is CCCCCCCCCCCCCCCCCCCCCCCCCCCCCCCCCC(O)C(COP(=O)(O)OCC[N+](C)(C)C)NC(C)=O. The number of aliphatic hydroxyl groups excluding tert-OH is 1. The molecule has 3 unspecified atom stereocenters. The van der Waals surface area contributed by atoms with Crippen molar-refractivity contribution in [3.8, 4) is 0 Å². The number of hydrogen-bond acceptors (Lipinski definition) is 5. The van der Waals surface area contributed by atoms with Crippen LogP contribution in [0.3, 0.4) is 0 Å². The number of unbranched alkanes of at least 4 members (excludes halogenated alkanes) is 30. The number of phosphoric acid groups is 1. The first kappa shape index (κ1) is 51.5. The summed E-state index contributed by atoms with van der Waals surface area (Å²) in [7, 11) is 1.61. The number of hydrogen-bond donors (Lipinski definition) is 3. The topological polar surface area (TPSA) is 105 Å². The summed E-state index contributed by atoms with van der Waals surface area (Å²) in [5.74, 6) is -0.317. The highest BCUT2D eigenvalue weighted by Crippen LogP contribution is 2.43. The highest BCUT2D eigenvalue weighted by Gasteiger charge is 2.28. The molecule has 312 valence electrons. The minimum Gasteiger partial charge on any atom is -0.391 e. The Kier molecular flexibility index (Phi) is 35.8. The van der Waals surface area contributed by atoms with Crippen LogP contribution in [0.1, 0.15) is 219 Å². The predicted octanol–water partition coefficient (Wildman–Crippen LogP) is 12.2. The first-order chi connectivity index (χ1) is 25.0. The third-order valence-electron chi connectivity index (χ3n) is 10.4. The Morgan fingerprint density at radius 1 is 0.577 bits per heavy atom. The Morgan fingerprint density at radius 2 is 0.885 bits per heavy atom. The minimum atomic E-state index is -4.26. The van der Waals surface area contributed by atoms with E-state index in [2.05, 4.69) is 12.2 Å². The second-order valence-corrected chi connectivity index (χ2v) is 18.3. The van der Waals surface area contributed by atoms with E-state index in [9.17, 15) is 19.4 Å². The maximum Gasteiger partial charge on any atom is 0.472 e. The fourth-order valence-corrected chi connectivity index (χ4v) is 7.64. The van der Waals surface area contributed by atoms with E-state index < -0.39 is 20.0 Å². The molecule has 0 aliphatic heterocycles. The van der Waals surface area contributed by atoms with Gasteiger partial charge in [-0.2, -0.15) is 0 Å². The van der Waals surface area contributed by atoms with Gasteiger partial charge < -0.3 is 19.8 Å². The third-order valence-corrected chi connectivity index (χ3v) is 11.4. The molecule has 0 bridgehead atoms. The normalized spacial score (nSPS) is 14.4. The number of carbonyl (C=O) groups is 1. The molecule has 1 amide bonds. The number of phosphoric ester groups is 1. The number of quaternary nitrogens is 1. The molecular weight excluding hydrogens is 671 g/mol. The molecule has 0 saturated carbocycles. The lowest BCUT2D eigenvalue weighted by Gasteiger charge is -2.26. The average Bonchev–Trinajstić information content (AvgIpc) is 3.08. The second-order valence-electron chi connectivity index (χ2n) is 16.9. The highest BCUT2D eigenvalue weighted by molar-refractivity contribution is 7.47. The molecule has 0 fully saturated rings. The van der Waals surface area contributed by atoms with Crippen molar-refractivity contribution < 1.29 is 32.9 Å². The summed E-state index contributed by atoms with van der Waals surface area (Å²) in [4.78, 5) is 21.6. The molecular formula is C43H90N2O6P+. The van der Waals surface area contributed by atoms with Gasteiger partial charge in [-0.1, -0.05) is 206 Å². The summed E-state index contributed by atoms with van der Waals surface area (Å²) in [6.45, 7) is 4.00. The van der Waals surface area contributed by atoms with Gasteiger partial charge >= 0.3 is 7.82 Å².